The topological polar surface area (TPSA) is 102 Å². The molecule has 1 heterocycles. The Morgan fingerprint density at radius 1 is 1.26 bits per heavy atom. The van der Waals surface area contributed by atoms with Crippen LogP contribution in [0.3, 0.4) is 0 Å². The quantitative estimate of drug-likeness (QED) is 0.614. The lowest BCUT2D eigenvalue weighted by atomic mass is 10.0. The molecule has 2 aromatic carbocycles. The molecule has 2 aromatic rings. The van der Waals surface area contributed by atoms with Crippen molar-refractivity contribution in [1.29, 1.82) is 0 Å². The maximum absolute atomic E-state index is 14.4. The maximum atomic E-state index is 14.4. The zero-order chi connectivity index (χ0) is 19.6. The number of para-hydroxylation sites is 1. The summed E-state index contributed by atoms with van der Waals surface area (Å²) < 4.78 is 47.3. The van der Waals surface area contributed by atoms with E-state index in [-0.39, 0.29) is 13.1 Å². The number of nitro benzene ring substituents is 1. The minimum Gasteiger partial charge on any atom is -0.496 e. The van der Waals surface area contributed by atoms with Crippen LogP contribution in [0.2, 0.25) is 0 Å². The predicted octanol–water partition coefficient (Wildman–Crippen LogP) is 2.08. The van der Waals surface area contributed by atoms with E-state index >= 15 is 0 Å². The van der Waals surface area contributed by atoms with Crippen molar-refractivity contribution in [3.8, 4) is 5.75 Å². The number of nitro groups is 1. The van der Waals surface area contributed by atoms with Gasteiger partial charge in [-0.15, -0.1) is 0 Å². The Bertz CT molecular complexity index is 967. The first-order valence-electron chi connectivity index (χ1n) is 8.16. The highest BCUT2D eigenvalue weighted by molar-refractivity contribution is 7.89. The lowest BCUT2D eigenvalue weighted by Crippen LogP contribution is -2.48. The number of hydrogen-bond donors (Lipinski definition) is 1. The van der Waals surface area contributed by atoms with Crippen molar-refractivity contribution in [1.82, 2.24) is 9.62 Å². The lowest BCUT2D eigenvalue weighted by molar-refractivity contribution is -0.388. The molecule has 8 nitrogen and oxygen atoms in total. The number of benzene rings is 2. The van der Waals surface area contributed by atoms with Gasteiger partial charge in [0.25, 0.3) is 15.7 Å². The number of sulfonamides is 1. The molecule has 0 radical (unpaired) electrons. The fraction of sp³-hybridized carbons (Fsp3) is 0.294. The normalized spacial score (nSPS) is 18.2. The molecule has 144 valence electrons. The molecule has 0 aromatic heterocycles. The molecule has 0 aliphatic carbocycles. The van der Waals surface area contributed by atoms with E-state index in [0.29, 0.717) is 17.9 Å². The molecular formula is C17H18FN3O5S. The predicted molar refractivity (Wildman–Crippen MR) is 95.6 cm³/mol. The van der Waals surface area contributed by atoms with Crippen LogP contribution in [0.4, 0.5) is 10.1 Å². The van der Waals surface area contributed by atoms with E-state index in [9.17, 15) is 22.9 Å². The van der Waals surface area contributed by atoms with Crippen molar-refractivity contribution in [2.45, 2.75) is 10.9 Å². The molecule has 0 bridgehead atoms. The molecule has 1 aliphatic rings. The molecule has 0 amide bonds. The number of halogens is 1. The van der Waals surface area contributed by atoms with Gasteiger partial charge in [-0.1, -0.05) is 24.3 Å². The molecule has 1 unspecified atom stereocenters. The Labute approximate surface area is 155 Å². The van der Waals surface area contributed by atoms with Gasteiger partial charge < -0.3 is 10.1 Å². The Hall–Kier alpha value is -2.56. The highest BCUT2D eigenvalue weighted by Crippen LogP contribution is 2.37. The monoisotopic (exact) mass is 395 g/mol. The fourth-order valence-corrected chi connectivity index (χ4v) is 5.00. The van der Waals surface area contributed by atoms with E-state index in [1.807, 2.05) is 0 Å². The summed E-state index contributed by atoms with van der Waals surface area (Å²) in [6.07, 6.45) is 0. The van der Waals surface area contributed by atoms with Gasteiger partial charge in [0.05, 0.1) is 18.1 Å². The second-order valence-corrected chi connectivity index (χ2v) is 7.75. The summed E-state index contributed by atoms with van der Waals surface area (Å²) in [7, 11) is -3.00. The SMILES string of the molecule is COc1ccccc1C1CNCCN1S(=O)(=O)c1c(F)cccc1[N+](=O)[O-]. The van der Waals surface area contributed by atoms with Gasteiger partial charge in [0.2, 0.25) is 0 Å². The molecule has 1 aliphatic heterocycles. The lowest BCUT2D eigenvalue weighted by Gasteiger charge is -2.35. The first-order valence-corrected chi connectivity index (χ1v) is 9.60. The van der Waals surface area contributed by atoms with Crippen molar-refractivity contribution in [3.63, 3.8) is 0 Å². The molecule has 1 fully saturated rings. The van der Waals surface area contributed by atoms with E-state index in [2.05, 4.69) is 5.32 Å². The van der Waals surface area contributed by atoms with Crippen LogP contribution in [0.5, 0.6) is 5.75 Å². The van der Waals surface area contributed by atoms with Crippen LogP contribution >= 0.6 is 0 Å². The van der Waals surface area contributed by atoms with Gasteiger partial charge in [-0.2, -0.15) is 4.31 Å². The highest BCUT2D eigenvalue weighted by atomic mass is 32.2. The maximum Gasteiger partial charge on any atom is 0.292 e. The van der Waals surface area contributed by atoms with Gasteiger partial charge >= 0.3 is 0 Å². The number of nitrogens with zero attached hydrogens (tertiary/aromatic N) is 2. The molecule has 27 heavy (non-hydrogen) atoms. The van der Waals surface area contributed by atoms with Crippen LogP contribution < -0.4 is 10.1 Å². The summed E-state index contributed by atoms with van der Waals surface area (Å²) in [5, 5.41) is 14.4. The van der Waals surface area contributed by atoms with Gasteiger partial charge in [-0.25, -0.2) is 12.8 Å². The summed E-state index contributed by atoms with van der Waals surface area (Å²) >= 11 is 0. The van der Waals surface area contributed by atoms with Crippen LogP contribution in [0, 0.1) is 15.9 Å². The van der Waals surface area contributed by atoms with E-state index in [1.54, 1.807) is 24.3 Å². The Morgan fingerprint density at radius 3 is 2.70 bits per heavy atom. The summed E-state index contributed by atoms with van der Waals surface area (Å²) in [4.78, 5) is 9.47. The molecule has 1 N–H and O–H groups in total. The third kappa shape index (κ3) is 3.51. The number of methoxy groups -OCH3 is 1. The summed E-state index contributed by atoms with van der Waals surface area (Å²) in [5.41, 5.74) is -0.193. The zero-order valence-electron chi connectivity index (χ0n) is 14.5. The number of rotatable bonds is 5. The second kappa shape index (κ2) is 7.59. The van der Waals surface area contributed by atoms with E-state index in [1.165, 1.54) is 7.11 Å². The molecule has 3 rings (SSSR count). The van der Waals surface area contributed by atoms with Crippen molar-refractivity contribution in [2.75, 3.05) is 26.7 Å². The standard InChI is InChI=1S/C17H18FN3O5S/c1-26-16-8-3-2-5-12(16)15-11-19-9-10-20(15)27(24,25)17-13(18)6-4-7-14(17)21(22)23/h2-8,15,19H,9-11H2,1H3. The second-order valence-electron chi connectivity index (χ2n) is 5.92. The summed E-state index contributed by atoms with van der Waals surface area (Å²) in [6, 6.07) is 9.20. The molecule has 10 heteroatoms. The van der Waals surface area contributed by atoms with Crippen molar-refractivity contribution < 1.29 is 22.5 Å². The molecule has 0 saturated carbocycles. The average Bonchev–Trinajstić information content (AvgIpc) is 2.67. The fourth-order valence-electron chi connectivity index (χ4n) is 3.19. The van der Waals surface area contributed by atoms with Crippen molar-refractivity contribution >= 4 is 15.7 Å². The Balaban J connectivity index is 2.14. The number of hydrogen-bond acceptors (Lipinski definition) is 6. The van der Waals surface area contributed by atoms with Crippen LogP contribution in [0.1, 0.15) is 11.6 Å². The van der Waals surface area contributed by atoms with E-state index < -0.39 is 37.4 Å². The average molecular weight is 395 g/mol. The number of nitrogens with one attached hydrogen (secondary N) is 1. The molecule has 1 saturated heterocycles. The zero-order valence-corrected chi connectivity index (χ0v) is 15.3. The van der Waals surface area contributed by atoms with Gasteiger partial charge in [0.1, 0.15) is 11.6 Å². The van der Waals surface area contributed by atoms with Crippen LogP contribution in [-0.4, -0.2) is 44.4 Å². The Kier molecular flexibility index (Phi) is 5.40. The molecular weight excluding hydrogens is 377 g/mol. The smallest absolute Gasteiger partial charge is 0.292 e. The number of piperazine rings is 1. The van der Waals surface area contributed by atoms with Crippen molar-refractivity contribution in [3.05, 3.63) is 64.0 Å². The van der Waals surface area contributed by atoms with Crippen molar-refractivity contribution in [2.24, 2.45) is 0 Å². The number of ether oxygens (including phenoxy) is 1. The third-order valence-electron chi connectivity index (χ3n) is 4.40. The largest absolute Gasteiger partial charge is 0.496 e. The third-order valence-corrected chi connectivity index (χ3v) is 6.38. The first kappa shape index (κ1) is 19.2. The minimum absolute atomic E-state index is 0.0382. The summed E-state index contributed by atoms with van der Waals surface area (Å²) in [6.45, 7) is 0.644. The molecule has 1 atom stereocenters. The summed E-state index contributed by atoms with van der Waals surface area (Å²) in [5.74, 6) is -0.670. The van der Waals surface area contributed by atoms with Gasteiger partial charge in [-0.3, -0.25) is 10.1 Å². The van der Waals surface area contributed by atoms with Crippen LogP contribution in [0.25, 0.3) is 0 Å². The minimum atomic E-state index is -4.47. The van der Waals surface area contributed by atoms with Crippen LogP contribution in [0.15, 0.2) is 47.4 Å². The van der Waals surface area contributed by atoms with Gasteiger partial charge in [0.15, 0.2) is 4.90 Å². The highest BCUT2D eigenvalue weighted by Gasteiger charge is 2.40. The van der Waals surface area contributed by atoms with Crippen LogP contribution in [-0.2, 0) is 10.0 Å². The van der Waals surface area contributed by atoms with Gasteiger partial charge in [0, 0.05) is 31.3 Å². The van der Waals surface area contributed by atoms with Gasteiger partial charge in [-0.05, 0) is 12.1 Å². The molecule has 0 spiro atoms. The van der Waals surface area contributed by atoms with E-state index in [4.69, 9.17) is 4.74 Å². The van der Waals surface area contributed by atoms with E-state index in [0.717, 1.165) is 22.5 Å². The Morgan fingerprint density at radius 2 is 2.00 bits per heavy atom. The first-order chi connectivity index (χ1) is 12.9.